The van der Waals surface area contributed by atoms with E-state index >= 15 is 0 Å². The van der Waals surface area contributed by atoms with E-state index in [9.17, 15) is 18.0 Å². The van der Waals surface area contributed by atoms with Crippen LogP contribution in [0.5, 0.6) is 0 Å². The Morgan fingerprint density at radius 1 is 1.47 bits per heavy atom. The predicted octanol–water partition coefficient (Wildman–Crippen LogP) is 2.63. The second-order valence-corrected chi connectivity index (χ2v) is 4.20. The maximum Gasteiger partial charge on any atom is 0.417 e. The molecule has 2 N–H and O–H groups in total. The molecule has 0 heterocycles. The lowest BCUT2D eigenvalue weighted by atomic mass is 9.94. The summed E-state index contributed by atoms with van der Waals surface area (Å²) in [5.41, 5.74) is 4.27. The molecular formula is C13H13F3N2O. The number of alkyl halides is 3. The number of benzene rings is 1. The molecule has 1 unspecified atom stereocenters. The van der Waals surface area contributed by atoms with Crippen LogP contribution in [0, 0.1) is 17.2 Å². The van der Waals surface area contributed by atoms with Crippen molar-refractivity contribution in [2.45, 2.75) is 25.9 Å². The molecule has 6 heteroatoms. The van der Waals surface area contributed by atoms with E-state index in [-0.39, 0.29) is 6.42 Å². The molecule has 1 aromatic carbocycles. The summed E-state index contributed by atoms with van der Waals surface area (Å²) >= 11 is 0. The lowest BCUT2D eigenvalue weighted by Crippen LogP contribution is -2.24. The first-order chi connectivity index (χ1) is 8.79. The van der Waals surface area contributed by atoms with Crippen molar-refractivity contribution in [3.05, 3.63) is 34.9 Å². The zero-order valence-electron chi connectivity index (χ0n) is 10.3. The Labute approximate surface area is 108 Å². The van der Waals surface area contributed by atoms with Crippen molar-refractivity contribution in [3.63, 3.8) is 0 Å². The summed E-state index contributed by atoms with van der Waals surface area (Å²) in [6.07, 6.45) is -3.83. The number of nitriles is 1. The lowest BCUT2D eigenvalue weighted by Gasteiger charge is -2.13. The highest BCUT2D eigenvalue weighted by Gasteiger charge is 2.33. The highest BCUT2D eigenvalue weighted by atomic mass is 19.4. The zero-order chi connectivity index (χ0) is 14.6. The molecule has 1 aromatic rings. The normalized spacial score (nSPS) is 12.8. The molecule has 0 aliphatic heterocycles. The van der Waals surface area contributed by atoms with Crippen molar-refractivity contribution < 1.29 is 18.0 Å². The molecule has 0 spiro atoms. The number of carbonyl (C=O) groups is 1. The van der Waals surface area contributed by atoms with Gasteiger partial charge in [0.2, 0.25) is 5.91 Å². The molecule has 3 nitrogen and oxygen atoms in total. The van der Waals surface area contributed by atoms with Crippen LogP contribution in [0.2, 0.25) is 0 Å². The Balaban J connectivity index is 3.08. The summed E-state index contributed by atoms with van der Waals surface area (Å²) in [5, 5.41) is 8.77. The van der Waals surface area contributed by atoms with Crippen molar-refractivity contribution in [1.82, 2.24) is 0 Å². The first kappa shape index (κ1) is 15.0. The minimum absolute atomic E-state index is 0.235. The van der Waals surface area contributed by atoms with E-state index in [2.05, 4.69) is 0 Å². The van der Waals surface area contributed by atoms with Gasteiger partial charge in [-0.15, -0.1) is 0 Å². The van der Waals surface area contributed by atoms with Crippen LogP contribution < -0.4 is 5.73 Å². The summed E-state index contributed by atoms with van der Waals surface area (Å²) in [6, 6.07) is 4.82. The average molecular weight is 270 g/mol. The van der Waals surface area contributed by atoms with Crippen LogP contribution in [-0.2, 0) is 17.4 Å². The fourth-order valence-corrected chi connectivity index (χ4v) is 1.79. The van der Waals surface area contributed by atoms with Crippen LogP contribution in [0.1, 0.15) is 30.0 Å². The quantitative estimate of drug-likeness (QED) is 0.913. The monoisotopic (exact) mass is 270 g/mol. The molecule has 0 aliphatic carbocycles. The van der Waals surface area contributed by atoms with Crippen LogP contribution in [0.25, 0.3) is 0 Å². The molecule has 0 aromatic heterocycles. The molecule has 0 fully saturated rings. The third-order valence-corrected chi connectivity index (χ3v) is 2.89. The first-order valence-electron chi connectivity index (χ1n) is 5.69. The van der Waals surface area contributed by atoms with Crippen molar-refractivity contribution in [3.8, 4) is 6.07 Å². The van der Waals surface area contributed by atoms with Crippen LogP contribution in [0.3, 0.4) is 0 Å². The highest BCUT2D eigenvalue weighted by molar-refractivity contribution is 5.76. The minimum Gasteiger partial charge on any atom is -0.369 e. The van der Waals surface area contributed by atoms with Crippen LogP contribution in [0.4, 0.5) is 13.2 Å². The standard InChI is InChI=1S/C13H13F3N2O/c1-2-9(12(18)19)5-8-3-4-11(13(14,15)16)10(6-8)7-17/h3-4,6,9H,2,5H2,1H3,(H2,18,19). The van der Waals surface area contributed by atoms with Gasteiger partial charge in [-0.3, -0.25) is 4.79 Å². The van der Waals surface area contributed by atoms with Crippen molar-refractivity contribution in [2.75, 3.05) is 0 Å². The molecule has 1 atom stereocenters. The maximum absolute atomic E-state index is 12.6. The minimum atomic E-state index is -4.56. The van der Waals surface area contributed by atoms with Gasteiger partial charge in [0.15, 0.2) is 0 Å². The molecule has 102 valence electrons. The zero-order valence-corrected chi connectivity index (χ0v) is 10.3. The predicted molar refractivity (Wildman–Crippen MR) is 62.8 cm³/mol. The van der Waals surface area contributed by atoms with Gasteiger partial charge in [-0.2, -0.15) is 18.4 Å². The van der Waals surface area contributed by atoms with Crippen LogP contribution >= 0.6 is 0 Å². The van der Waals surface area contributed by atoms with Crippen molar-refractivity contribution in [2.24, 2.45) is 11.7 Å². The van der Waals surface area contributed by atoms with Crippen molar-refractivity contribution >= 4 is 5.91 Å². The van der Waals surface area contributed by atoms with E-state index in [0.29, 0.717) is 12.0 Å². The van der Waals surface area contributed by atoms with Gasteiger partial charge < -0.3 is 5.73 Å². The van der Waals surface area contributed by atoms with Crippen LogP contribution in [-0.4, -0.2) is 5.91 Å². The van der Waals surface area contributed by atoms with Gasteiger partial charge in [-0.05, 0) is 30.5 Å². The van der Waals surface area contributed by atoms with E-state index in [1.54, 1.807) is 6.92 Å². The van der Waals surface area contributed by atoms with E-state index in [1.807, 2.05) is 0 Å². The number of rotatable bonds is 4. The topological polar surface area (TPSA) is 66.9 Å². The molecule has 0 saturated carbocycles. The number of nitrogens with two attached hydrogens (primary N) is 1. The summed E-state index contributed by atoms with van der Waals surface area (Å²) in [7, 11) is 0. The largest absolute Gasteiger partial charge is 0.417 e. The molecule has 0 radical (unpaired) electrons. The second-order valence-electron chi connectivity index (χ2n) is 4.20. The second kappa shape index (κ2) is 5.74. The first-order valence-corrected chi connectivity index (χ1v) is 5.69. The Morgan fingerprint density at radius 3 is 2.53 bits per heavy atom. The van der Waals surface area contributed by atoms with Gasteiger partial charge >= 0.3 is 6.18 Å². The Kier molecular flexibility index (Phi) is 4.54. The number of amides is 1. The SMILES string of the molecule is CCC(Cc1ccc(C(F)(F)F)c(C#N)c1)C(N)=O. The molecular weight excluding hydrogens is 257 g/mol. The summed E-state index contributed by atoms with van der Waals surface area (Å²) in [6.45, 7) is 1.77. The Morgan fingerprint density at radius 2 is 2.11 bits per heavy atom. The highest BCUT2D eigenvalue weighted by Crippen LogP contribution is 2.32. The summed E-state index contributed by atoms with van der Waals surface area (Å²) in [4.78, 5) is 11.1. The van der Waals surface area contributed by atoms with E-state index < -0.39 is 29.1 Å². The third-order valence-electron chi connectivity index (χ3n) is 2.89. The molecule has 0 bridgehead atoms. The van der Waals surface area contributed by atoms with Crippen molar-refractivity contribution in [1.29, 1.82) is 5.26 Å². The van der Waals surface area contributed by atoms with E-state index in [1.165, 1.54) is 12.1 Å². The van der Waals surface area contributed by atoms with Gasteiger partial charge in [0.1, 0.15) is 0 Å². The average Bonchev–Trinajstić information content (AvgIpc) is 2.33. The number of hydrogen-bond donors (Lipinski definition) is 1. The Hall–Kier alpha value is -2.03. The lowest BCUT2D eigenvalue weighted by molar-refractivity contribution is -0.137. The maximum atomic E-state index is 12.6. The Bertz CT molecular complexity index is 518. The number of nitrogens with zero attached hydrogens (tertiary/aromatic N) is 1. The van der Waals surface area contributed by atoms with Gasteiger partial charge in [0.05, 0.1) is 17.2 Å². The van der Waals surface area contributed by atoms with E-state index in [0.717, 1.165) is 12.1 Å². The van der Waals surface area contributed by atoms with Gasteiger partial charge in [-0.25, -0.2) is 0 Å². The fraction of sp³-hybridized carbons (Fsp3) is 0.385. The molecule has 1 amide bonds. The summed E-state index contributed by atoms with van der Waals surface area (Å²) in [5.74, 6) is -0.941. The molecule has 19 heavy (non-hydrogen) atoms. The smallest absolute Gasteiger partial charge is 0.369 e. The summed E-state index contributed by atoms with van der Waals surface area (Å²) < 4.78 is 37.8. The number of primary amides is 1. The molecule has 0 saturated heterocycles. The number of halogens is 3. The number of carbonyl (C=O) groups excluding carboxylic acids is 1. The number of hydrogen-bond acceptors (Lipinski definition) is 2. The van der Waals surface area contributed by atoms with E-state index in [4.69, 9.17) is 11.0 Å². The molecule has 1 rings (SSSR count). The fourth-order valence-electron chi connectivity index (χ4n) is 1.79. The third kappa shape index (κ3) is 3.71. The molecule has 0 aliphatic rings. The van der Waals surface area contributed by atoms with Gasteiger partial charge in [0.25, 0.3) is 0 Å². The van der Waals surface area contributed by atoms with Gasteiger partial charge in [-0.1, -0.05) is 13.0 Å². The van der Waals surface area contributed by atoms with Gasteiger partial charge in [0, 0.05) is 5.92 Å². The van der Waals surface area contributed by atoms with Crippen LogP contribution in [0.15, 0.2) is 18.2 Å².